The van der Waals surface area contributed by atoms with E-state index in [9.17, 15) is 9.59 Å². The second kappa shape index (κ2) is 3.65. The molecule has 0 unspecified atom stereocenters. The Labute approximate surface area is 98.6 Å². The smallest absolute Gasteiger partial charge is 0.261 e. The molecule has 0 aliphatic heterocycles. The van der Waals surface area contributed by atoms with Gasteiger partial charge in [-0.25, -0.2) is 0 Å². The number of pyridine rings is 1. The molecule has 15 heavy (non-hydrogen) atoms. The van der Waals surface area contributed by atoms with Crippen LogP contribution in [0.4, 0.5) is 0 Å². The second-order valence-corrected chi connectivity index (χ2v) is 4.35. The number of hydrogen-bond acceptors (Lipinski definition) is 2. The van der Waals surface area contributed by atoms with Crippen molar-refractivity contribution in [3.63, 3.8) is 0 Å². The summed E-state index contributed by atoms with van der Waals surface area (Å²) in [6, 6.07) is 7.06. The predicted molar refractivity (Wildman–Crippen MR) is 65.8 cm³/mol. The molecule has 1 heterocycles. The van der Waals surface area contributed by atoms with Gasteiger partial charge in [-0.05, 0) is 46.9 Å². The summed E-state index contributed by atoms with van der Waals surface area (Å²) in [6.45, 7) is 0. The first-order valence-corrected chi connectivity index (χ1v) is 5.28. The van der Waals surface area contributed by atoms with Crippen LogP contribution in [0.3, 0.4) is 0 Å². The molecule has 0 saturated carbocycles. The van der Waals surface area contributed by atoms with E-state index >= 15 is 0 Å². The average molecular weight is 314 g/mol. The topological polar surface area (TPSA) is 76.0 Å². The van der Waals surface area contributed by atoms with Gasteiger partial charge in [-0.3, -0.25) is 9.59 Å². The molecule has 76 valence electrons. The van der Waals surface area contributed by atoms with Crippen molar-refractivity contribution in [2.75, 3.05) is 0 Å². The summed E-state index contributed by atoms with van der Waals surface area (Å²) in [5, 5.41) is 0.801. The molecule has 1 aromatic heterocycles. The molecule has 0 bridgehead atoms. The van der Waals surface area contributed by atoms with E-state index in [2.05, 4.69) is 27.6 Å². The minimum Gasteiger partial charge on any atom is -0.365 e. The molecule has 0 aliphatic carbocycles. The standard InChI is InChI=1S/C10H7IN2O2/c11-6-1-2-8-5(3-6)4-7(9(12)14)10(15)13-8/h1-4H,(H2,12,14)(H,13,15). The summed E-state index contributed by atoms with van der Waals surface area (Å²) in [6.07, 6.45) is 0. The third-order valence-corrected chi connectivity index (χ3v) is 2.74. The number of amides is 1. The fraction of sp³-hybridized carbons (Fsp3) is 0. The Morgan fingerprint density at radius 3 is 2.73 bits per heavy atom. The molecule has 0 fully saturated rings. The normalized spacial score (nSPS) is 10.5. The maximum atomic E-state index is 11.4. The van der Waals surface area contributed by atoms with Crippen molar-refractivity contribution in [3.05, 3.63) is 43.8 Å². The third kappa shape index (κ3) is 1.87. The Morgan fingerprint density at radius 2 is 2.07 bits per heavy atom. The fourth-order valence-electron chi connectivity index (χ4n) is 1.36. The maximum Gasteiger partial charge on any atom is 0.261 e. The number of carbonyl (C=O) groups excluding carboxylic acids is 1. The number of hydrogen-bond donors (Lipinski definition) is 2. The predicted octanol–water partition coefficient (Wildman–Crippen LogP) is 1.23. The van der Waals surface area contributed by atoms with Crippen molar-refractivity contribution in [2.24, 2.45) is 5.73 Å². The molecule has 2 aromatic rings. The highest BCUT2D eigenvalue weighted by Crippen LogP contribution is 2.14. The van der Waals surface area contributed by atoms with Gasteiger partial charge in [-0.2, -0.15) is 0 Å². The van der Waals surface area contributed by atoms with E-state index < -0.39 is 11.5 Å². The molecule has 0 saturated heterocycles. The number of nitrogens with one attached hydrogen (secondary N) is 1. The summed E-state index contributed by atoms with van der Waals surface area (Å²) < 4.78 is 1.03. The number of aromatic nitrogens is 1. The number of aromatic amines is 1. The molecule has 0 atom stereocenters. The zero-order valence-corrected chi connectivity index (χ0v) is 9.74. The van der Waals surface area contributed by atoms with Gasteiger partial charge in [-0.1, -0.05) is 0 Å². The van der Waals surface area contributed by atoms with Crippen LogP contribution in [0.1, 0.15) is 10.4 Å². The van der Waals surface area contributed by atoms with Crippen LogP contribution in [0.2, 0.25) is 0 Å². The number of primary amides is 1. The Morgan fingerprint density at radius 1 is 1.33 bits per heavy atom. The Balaban J connectivity index is 2.83. The van der Waals surface area contributed by atoms with E-state index in [0.29, 0.717) is 5.52 Å². The number of halogens is 1. The molecule has 1 aromatic carbocycles. The highest BCUT2D eigenvalue weighted by molar-refractivity contribution is 14.1. The first kappa shape index (κ1) is 10.2. The second-order valence-electron chi connectivity index (χ2n) is 3.11. The monoisotopic (exact) mass is 314 g/mol. The summed E-state index contributed by atoms with van der Waals surface area (Å²) in [5.41, 5.74) is 5.32. The zero-order chi connectivity index (χ0) is 11.0. The van der Waals surface area contributed by atoms with Crippen LogP contribution in [0.15, 0.2) is 29.1 Å². The summed E-state index contributed by atoms with van der Waals surface area (Å²) in [4.78, 5) is 25.0. The first-order chi connectivity index (χ1) is 7.08. The zero-order valence-electron chi connectivity index (χ0n) is 7.58. The molecular weight excluding hydrogens is 307 g/mol. The van der Waals surface area contributed by atoms with Gasteiger partial charge in [0, 0.05) is 14.5 Å². The average Bonchev–Trinajstić information content (AvgIpc) is 2.17. The number of rotatable bonds is 1. The van der Waals surface area contributed by atoms with Crippen molar-refractivity contribution in [1.29, 1.82) is 0 Å². The van der Waals surface area contributed by atoms with Gasteiger partial charge >= 0.3 is 0 Å². The first-order valence-electron chi connectivity index (χ1n) is 4.20. The molecular formula is C10H7IN2O2. The lowest BCUT2D eigenvalue weighted by Crippen LogP contribution is -2.23. The highest BCUT2D eigenvalue weighted by Gasteiger charge is 2.07. The van der Waals surface area contributed by atoms with Crippen molar-refractivity contribution < 1.29 is 4.79 Å². The van der Waals surface area contributed by atoms with Gasteiger partial charge in [0.1, 0.15) is 5.56 Å². The largest absolute Gasteiger partial charge is 0.365 e. The molecule has 0 aliphatic rings. The SMILES string of the molecule is NC(=O)c1cc2cc(I)ccc2[nH]c1=O. The summed E-state index contributed by atoms with van der Waals surface area (Å²) in [5.74, 6) is -0.711. The molecule has 5 heteroatoms. The maximum absolute atomic E-state index is 11.4. The summed E-state index contributed by atoms with van der Waals surface area (Å²) >= 11 is 2.16. The van der Waals surface area contributed by atoms with Crippen LogP contribution < -0.4 is 11.3 Å². The van der Waals surface area contributed by atoms with Crippen LogP contribution >= 0.6 is 22.6 Å². The van der Waals surface area contributed by atoms with Crippen molar-refractivity contribution in [1.82, 2.24) is 4.98 Å². The molecule has 0 radical (unpaired) electrons. The van der Waals surface area contributed by atoms with Crippen LogP contribution in [0.25, 0.3) is 10.9 Å². The summed E-state index contributed by atoms with van der Waals surface area (Å²) in [7, 11) is 0. The highest BCUT2D eigenvalue weighted by atomic mass is 127. The van der Waals surface area contributed by atoms with Crippen LogP contribution in [-0.2, 0) is 0 Å². The third-order valence-electron chi connectivity index (χ3n) is 2.07. The van der Waals surface area contributed by atoms with Crippen molar-refractivity contribution in [2.45, 2.75) is 0 Å². The van der Waals surface area contributed by atoms with Gasteiger partial charge < -0.3 is 10.7 Å². The van der Waals surface area contributed by atoms with Crippen LogP contribution in [-0.4, -0.2) is 10.9 Å². The van der Waals surface area contributed by atoms with E-state index in [4.69, 9.17) is 5.73 Å². The lowest BCUT2D eigenvalue weighted by Gasteiger charge is -2.00. The lowest BCUT2D eigenvalue weighted by atomic mass is 10.1. The van der Waals surface area contributed by atoms with Crippen LogP contribution in [0, 0.1) is 3.57 Å². The molecule has 0 spiro atoms. The number of nitrogens with two attached hydrogens (primary N) is 1. The van der Waals surface area contributed by atoms with Crippen molar-refractivity contribution in [3.8, 4) is 0 Å². The molecule has 4 nitrogen and oxygen atoms in total. The van der Waals surface area contributed by atoms with Gasteiger partial charge in [0.15, 0.2) is 0 Å². The van der Waals surface area contributed by atoms with Gasteiger partial charge in [-0.15, -0.1) is 0 Å². The quantitative estimate of drug-likeness (QED) is 0.777. The van der Waals surface area contributed by atoms with E-state index in [-0.39, 0.29) is 5.56 Å². The fourth-order valence-corrected chi connectivity index (χ4v) is 1.88. The van der Waals surface area contributed by atoms with E-state index in [0.717, 1.165) is 8.96 Å². The molecule has 2 rings (SSSR count). The number of H-pyrrole nitrogens is 1. The van der Waals surface area contributed by atoms with Crippen molar-refractivity contribution >= 4 is 39.4 Å². The van der Waals surface area contributed by atoms with Crippen LogP contribution in [0.5, 0.6) is 0 Å². The van der Waals surface area contributed by atoms with Gasteiger partial charge in [0.05, 0.1) is 0 Å². The molecule has 3 N–H and O–H groups in total. The molecule has 1 amide bonds. The number of carbonyl (C=O) groups is 1. The van der Waals surface area contributed by atoms with E-state index in [1.54, 1.807) is 6.07 Å². The van der Waals surface area contributed by atoms with E-state index in [1.165, 1.54) is 6.07 Å². The lowest BCUT2D eigenvalue weighted by molar-refractivity contribution is 0.0999. The van der Waals surface area contributed by atoms with Gasteiger partial charge in [0.2, 0.25) is 0 Å². The Kier molecular flexibility index (Phi) is 2.47. The number of fused-ring (bicyclic) bond motifs is 1. The Bertz CT molecular complexity index is 604. The Hall–Kier alpha value is -1.37. The minimum absolute atomic E-state index is 0.00972. The minimum atomic E-state index is -0.711. The number of benzene rings is 1. The van der Waals surface area contributed by atoms with Gasteiger partial charge in [0.25, 0.3) is 11.5 Å². The van der Waals surface area contributed by atoms with E-state index in [1.807, 2.05) is 12.1 Å².